The van der Waals surface area contributed by atoms with Gasteiger partial charge in [0.15, 0.2) is 0 Å². The van der Waals surface area contributed by atoms with Crippen molar-refractivity contribution in [2.24, 2.45) is 0 Å². The Bertz CT molecular complexity index is 441. The number of carbonyl (C=O) groups is 1. The highest BCUT2D eigenvalue weighted by Crippen LogP contribution is 2.28. The number of halogens is 4. The number of carbonyl (C=O) groups excluding carboxylic acids is 1. The van der Waals surface area contributed by atoms with Crippen molar-refractivity contribution >= 4 is 17.6 Å². The molecule has 1 aromatic heterocycles. The molecular formula is C11H11ClF3NO2. The van der Waals surface area contributed by atoms with Crippen LogP contribution in [0.25, 0.3) is 0 Å². The lowest BCUT2D eigenvalue weighted by Gasteiger charge is -2.12. The van der Waals surface area contributed by atoms with E-state index in [9.17, 15) is 18.0 Å². The number of nitrogens with zero attached hydrogens (tertiary/aromatic N) is 1. The molecule has 0 radical (unpaired) electrons. The van der Waals surface area contributed by atoms with Gasteiger partial charge in [-0.3, -0.25) is 9.78 Å². The third kappa shape index (κ3) is 3.35. The SMILES string of the molecule is CCOC(=O)Cc1c(F)cnc(CCl)c1C(F)F. The number of hydrogen-bond acceptors (Lipinski definition) is 3. The molecule has 0 fully saturated rings. The van der Waals surface area contributed by atoms with Gasteiger partial charge in [0, 0.05) is 11.1 Å². The molecule has 1 rings (SSSR count). The number of rotatable bonds is 5. The predicted molar refractivity (Wildman–Crippen MR) is 59.0 cm³/mol. The van der Waals surface area contributed by atoms with E-state index in [0.29, 0.717) is 0 Å². The Kier molecular flexibility index (Phi) is 5.40. The van der Waals surface area contributed by atoms with Gasteiger partial charge in [0.25, 0.3) is 6.43 Å². The molecular weight excluding hydrogens is 271 g/mol. The standard InChI is InChI=1S/C11H11ClF3NO2/c1-2-18-9(17)3-6-7(13)5-16-8(4-12)10(6)11(14)15/h5,11H,2-4H2,1H3. The molecule has 0 N–H and O–H groups in total. The minimum absolute atomic E-state index is 0.0951. The van der Waals surface area contributed by atoms with E-state index in [2.05, 4.69) is 9.72 Å². The summed E-state index contributed by atoms with van der Waals surface area (Å²) in [5.41, 5.74) is -1.17. The number of aromatic nitrogens is 1. The topological polar surface area (TPSA) is 39.2 Å². The zero-order valence-corrected chi connectivity index (χ0v) is 10.3. The van der Waals surface area contributed by atoms with Crippen LogP contribution in [0.15, 0.2) is 6.20 Å². The molecule has 0 unspecified atom stereocenters. The molecule has 18 heavy (non-hydrogen) atoms. The molecule has 0 atom stereocenters. The summed E-state index contributed by atoms with van der Waals surface area (Å²) in [6.07, 6.45) is -2.74. The summed E-state index contributed by atoms with van der Waals surface area (Å²) in [5.74, 6) is -2.02. The van der Waals surface area contributed by atoms with Gasteiger partial charge in [-0.05, 0) is 6.92 Å². The Labute approximate surface area is 107 Å². The zero-order chi connectivity index (χ0) is 13.7. The van der Waals surface area contributed by atoms with Gasteiger partial charge in [0.1, 0.15) is 5.82 Å². The largest absolute Gasteiger partial charge is 0.466 e. The van der Waals surface area contributed by atoms with Crippen LogP contribution in [0.5, 0.6) is 0 Å². The summed E-state index contributed by atoms with van der Waals surface area (Å²) in [6, 6.07) is 0. The van der Waals surface area contributed by atoms with Crippen LogP contribution in [-0.2, 0) is 21.8 Å². The van der Waals surface area contributed by atoms with Gasteiger partial charge < -0.3 is 4.74 Å². The molecule has 0 aromatic carbocycles. The lowest BCUT2D eigenvalue weighted by molar-refractivity contribution is -0.142. The van der Waals surface area contributed by atoms with E-state index < -0.39 is 35.8 Å². The second kappa shape index (κ2) is 6.58. The third-order valence-corrected chi connectivity index (χ3v) is 2.48. The third-order valence-electron chi connectivity index (χ3n) is 2.23. The normalized spacial score (nSPS) is 10.8. The Balaban J connectivity index is 3.18. The molecule has 0 bridgehead atoms. The van der Waals surface area contributed by atoms with Gasteiger partial charge in [-0.15, -0.1) is 11.6 Å². The predicted octanol–water partition coefficient (Wildman–Crippen LogP) is 3.00. The molecule has 3 nitrogen and oxygen atoms in total. The number of alkyl halides is 3. The molecule has 0 saturated carbocycles. The first-order chi connectivity index (χ1) is 8.51. The molecule has 1 heterocycles. The van der Waals surface area contributed by atoms with Crippen LogP contribution in [0.3, 0.4) is 0 Å². The average Bonchev–Trinajstić information content (AvgIpc) is 2.31. The molecule has 7 heteroatoms. The van der Waals surface area contributed by atoms with Crippen LogP contribution in [-0.4, -0.2) is 17.6 Å². The van der Waals surface area contributed by atoms with Crippen molar-refractivity contribution in [3.05, 3.63) is 28.8 Å². The molecule has 0 aliphatic rings. The van der Waals surface area contributed by atoms with Crippen molar-refractivity contribution in [1.29, 1.82) is 0 Å². The molecule has 0 amide bonds. The van der Waals surface area contributed by atoms with Crippen molar-refractivity contribution in [1.82, 2.24) is 4.98 Å². The van der Waals surface area contributed by atoms with Crippen LogP contribution in [0.1, 0.15) is 30.2 Å². The van der Waals surface area contributed by atoms with Crippen LogP contribution in [0.2, 0.25) is 0 Å². The maximum absolute atomic E-state index is 13.5. The van der Waals surface area contributed by atoms with Crippen LogP contribution < -0.4 is 0 Å². The summed E-state index contributed by atoms with van der Waals surface area (Å²) in [6.45, 7) is 1.66. The number of ether oxygens (including phenoxy) is 1. The summed E-state index contributed by atoms with van der Waals surface area (Å²) < 4.78 is 43.8. The highest BCUT2D eigenvalue weighted by Gasteiger charge is 2.24. The lowest BCUT2D eigenvalue weighted by atomic mass is 10.0. The number of esters is 1. The maximum Gasteiger partial charge on any atom is 0.310 e. The number of pyridine rings is 1. The molecule has 0 saturated heterocycles. The van der Waals surface area contributed by atoms with Gasteiger partial charge in [-0.25, -0.2) is 13.2 Å². The van der Waals surface area contributed by atoms with Crippen LogP contribution >= 0.6 is 11.6 Å². The van der Waals surface area contributed by atoms with E-state index in [1.165, 1.54) is 0 Å². The Morgan fingerprint density at radius 1 is 1.56 bits per heavy atom. The quantitative estimate of drug-likeness (QED) is 0.615. The smallest absolute Gasteiger partial charge is 0.310 e. The van der Waals surface area contributed by atoms with Gasteiger partial charge in [-0.2, -0.15) is 0 Å². The Morgan fingerprint density at radius 2 is 2.22 bits per heavy atom. The van der Waals surface area contributed by atoms with Crippen LogP contribution in [0, 0.1) is 5.82 Å². The summed E-state index contributed by atoms with van der Waals surface area (Å²) in [7, 11) is 0. The summed E-state index contributed by atoms with van der Waals surface area (Å²) in [4.78, 5) is 14.7. The Hall–Kier alpha value is -1.30. The highest BCUT2D eigenvalue weighted by molar-refractivity contribution is 6.17. The van der Waals surface area contributed by atoms with Gasteiger partial charge >= 0.3 is 5.97 Å². The van der Waals surface area contributed by atoms with E-state index in [4.69, 9.17) is 11.6 Å². The lowest BCUT2D eigenvalue weighted by Crippen LogP contribution is -2.13. The summed E-state index contributed by atoms with van der Waals surface area (Å²) in [5, 5.41) is 0. The first kappa shape index (κ1) is 14.8. The van der Waals surface area contributed by atoms with E-state index in [1.807, 2.05) is 0 Å². The van der Waals surface area contributed by atoms with Crippen molar-refractivity contribution in [3.63, 3.8) is 0 Å². The first-order valence-corrected chi connectivity index (χ1v) is 5.70. The molecule has 100 valence electrons. The first-order valence-electron chi connectivity index (χ1n) is 5.17. The zero-order valence-electron chi connectivity index (χ0n) is 9.55. The molecule has 1 aromatic rings. The second-order valence-corrected chi connectivity index (χ2v) is 3.63. The van der Waals surface area contributed by atoms with Crippen molar-refractivity contribution in [2.45, 2.75) is 25.7 Å². The van der Waals surface area contributed by atoms with Gasteiger partial charge in [0.2, 0.25) is 0 Å². The highest BCUT2D eigenvalue weighted by atomic mass is 35.5. The monoisotopic (exact) mass is 281 g/mol. The second-order valence-electron chi connectivity index (χ2n) is 3.36. The number of hydrogen-bond donors (Lipinski definition) is 0. The fraction of sp³-hybridized carbons (Fsp3) is 0.455. The minimum atomic E-state index is -2.95. The van der Waals surface area contributed by atoms with E-state index in [1.54, 1.807) is 6.92 Å². The van der Waals surface area contributed by atoms with Gasteiger partial charge in [-0.1, -0.05) is 0 Å². The average molecular weight is 282 g/mol. The van der Waals surface area contributed by atoms with Crippen molar-refractivity contribution in [3.8, 4) is 0 Å². The van der Waals surface area contributed by atoms with E-state index in [-0.39, 0.29) is 18.2 Å². The fourth-order valence-corrected chi connectivity index (χ4v) is 1.70. The van der Waals surface area contributed by atoms with Gasteiger partial charge in [0.05, 0.1) is 30.8 Å². The van der Waals surface area contributed by atoms with Crippen molar-refractivity contribution in [2.75, 3.05) is 6.61 Å². The minimum Gasteiger partial charge on any atom is -0.466 e. The molecule has 0 aliphatic carbocycles. The van der Waals surface area contributed by atoms with E-state index >= 15 is 0 Å². The molecule has 0 spiro atoms. The fourth-order valence-electron chi connectivity index (χ4n) is 1.49. The molecule has 0 aliphatic heterocycles. The Morgan fingerprint density at radius 3 is 2.72 bits per heavy atom. The summed E-state index contributed by atoms with van der Waals surface area (Å²) >= 11 is 5.46. The van der Waals surface area contributed by atoms with E-state index in [0.717, 1.165) is 6.20 Å². The van der Waals surface area contributed by atoms with Crippen molar-refractivity contribution < 1.29 is 22.7 Å². The van der Waals surface area contributed by atoms with Crippen LogP contribution in [0.4, 0.5) is 13.2 Å². The maximum atomic E-state index is 13.5.